The molecule has 1 aromatic heterocycles. The first kappa shape index (κ1) is 6.31. The Morgan fingerprint density at radius 3 is 2.90 bits per heavy atom. The molecule has 1 saturated carbocycles. The van der Waals surface area contributed by atoms with Crippen LogP contribution in [-0.4, -0.2) is 11.0 Å². The van der Waals surface area contributed by atoms with Gasteiger partial charge in [-0.2, -0.15) is 0 Å². The average Bonchev–Trinajstić information content (AvgIpc) is 2.42. The molecule has 2 rings (SSSR count). The maximum Gasteiger partial charge on any atom is 0.0797 e. The highest BCUT2D eigenvalue weighted by atomic mass is 32.1. The molecule has 2 N–H and O–H groups in total. The summed E-state index contributed by atoms with van der Waals surface area (Å²) in [6, 6.07) is 0.416. The molecule has 0 aliphatic heterocycles. The molecule has 1 fully saturated rings. The molecule has 3 heteroatoms. The second kappa shape index (κ2) is 2.04. The average molecular weight is 154 g/mol. The molecule has 0 saturated heterocycles. The number of hydrogen-bond acceptors (Lipinski definition) is 3. The summed E-state index contributed by atoms with van der Waals surface area (Å²) in [5, 5.41) is 0. The molecule has 1 heterocycles. The summed E-state index contributed by atoms with van der Waals surface area (Å²) in [5.41, 5.74) is 8.77. The van der Waals surface area contributed by atoms with E-state index in [1.54, 1.807) is 11.3 Å². The standard InChI is InChI=1S/C7H10N2S/c1-4-7(10-3-9-4)5-2-6(5)8/h3,5-6H,2,8H2,1H3/t5-,6-/m1/s1. The van der Waals surface area contributed by atoms with Crippen molar-refractivity contribution in [3.63, 3.8) is 0 Å². The van der Waals surface area contributed by atoms with Crippen LogP contribution in [0.2, 0.25) is 0 Å². The van der Waals surface area contributed by atoms with Crippen molar-refractivity contribution in [3.05, 3.63) is 16.1 Å². The Morgan fingerprint density at radius 2 is 2.50 bits per heavy atom. The zero-order valence-electron chi connectivity index (χ0n) is 5.87. The highest BCUT2D eigenvalue weighted by Gasteiger charge is 2.36. The van der Waals surface area contributed by atoms with Crippen LogP contribution in [-0.2, 0) is 0 Å². The van der Waals surface area contributed by atoms with Gasteiger partial charge < -0.3 is 5.73 Å². The maximum atomic E-state index is 5.71. The Kier molecular flexibility index (Phi) is 1.28. The smallest absolute Gasteiger partial charge is 0.0797 e. The van der Waals surface area contributed by atoms with Gasteiger partial charge in [-0.05, 0) is 13.3 Å². The monoisotopic (exact) mass is 154 g/mol. The number of thiazole rings is 1. The largest absolute Gasteiger partial charge is 0.327 e. The Bertz CT molecular complexity index is 244. The van der Waals surface area contributed by atoms with Gasteiger partial charge in [0.25, 0.3) is 0 Å². The molecule has 1 aliphatic rings. The second-order valence-corrected chi connectivity index (χ2v) is 3.69. The third-order valence-corrected chi connectivity index (χ3v) is 3.02. The molecular formula is C7H10N2S. The van der Waals surface area contributed by atoms with Gasteiger partial charge in [0.15, 0.2) is 0 Å². The molecule has 0 spiro atoms. The van der Waals surface area contributed by atoms with Crippen molar-refractivity contribution in [2.45, 2.75) is 25.3 Å². The van der Waals surface area contributed by atoms with Crippen molar-refractivity contribution < 1.29 is 0 Å². The minimum Gasteiger partial charge on any atom is -0.327 e. The van der Waals surface area contributed by atoms with Crippen LogP contribution in [0.5, 0.6) is 0 Å². The van der Waals surface area contributed by atoms with Gasteiger partial charge >= 0.3 is 0 Å². The van der Waals surface area contributed by atoms with Gasteiger partial charge in [-0.3, -0.25) is 0 Å². The first-order chi connectivity index (χ1) is 4.79. The van der Waals surface area contributed by atoms with Crippen molar-refractivity contribution in [2.75, 3.05) is 0 Å². The zero-order chi connectivity index (χ0) is 7.14. The second-order valence-electron chi connectivity index (χ2n) is 2.81. The first-order valence-electron chi connectivity index (χ1n) is 3.44. The summed E-state index contributed by atoms with van der Waals surface area (Å²) >= 11 is 1.73. The van der Waals surface area contributed by atoms with E-state index in [0.717, 1.165) is 6.42 Å². The maximum absolute atomic E-state index is 5.71. The molecule has 1 aliphatic carbocycles. The molecule has 0 unspecified atom stereocenters. The van der Waals surface area contributed by atoms with E-state index < -0.39 is 0 Å². The molecule has 2 nitrogen and oxygen atoms in total. The van der Waals surface area contributed by atoms with E-state index in [4.69, 9.17) is 5.73 Å². The van der Waals surface area contributed by atoms with Crippen LogP contribution in [0, 0.1) is 6.92 Å². The molecule has 0 aromatic carbocycles. The number of rotatable bonds is 1. The highest BCUT2D eigenvalue weighted by Crippen LogP contribution is 2.42. The van der Waals surface area contributed by atoms with Gasteiger partial charge in [-0.1, -0.05) is 0 Å². The predicted octanol–water partition coefficient (Wildman–Crippen LogP) is 1.27. The molecule has 10 heavy (non-hydrogen) atoms. The number of nitrogens with two attached hydrogens (primary N) is 1. The van der Waals surface area contributed by atoms with Gasteiger partial charge in [0.2, 0.25) is 0 Å². The number of hydrogen-bond donors (Lipinski definition) is 1. The van der Waals surface area contributed by atoms with Crippen LogP contribution >= 0.6 is 11.3 Å². The Labute approximate surface area is 64.1 Å². The Hall–Kier alpha value is -0.410. The van der Waals surface area contributed by atoms with Crippen molar-refractivity contribution in [1.29, 1.82) is 0 Å². The van der Waals surface area contributed by atoms with E-state index in [1.165, 1.54) is 10.6 Å². The fraction of sp³-hybridized carbons (Fsp3) is 0.571. The quantitative estimate of drug-likeness (QED) is 0.661. The van der Waals surface area contributed by atoms with E-state index in [1.807, 2.05) is 5.51 Å². The van der Waals surface area contributed by atoms with Crippen LogP contribution in [0.3, 0.4) is 0 Å². The zero-order valence-corrected chi connectivity index (χ0v) is 6.69. The van der Waals surface area contributed by atoms with Gasteiger partial charge in [0, 0.05) is 16.8 Å². The first-order valence-corrected chi connectivity index (χ1v) is 4.32. The lowest BCUT2D eigenvalue weighted by atomic mass is 10.3. The minimum atomic E-state index is 0.416. The molecule has 0 radical (unpaired) electrons. The van der Waals surface area contributed by atoms with E-state index in [-0.39, 0.29) is 0 Å². The lowest BCUT2D eigenvalue weighted by Crippen LogP contribution is -2.00. The van der Waals surface area contributed by atoms with Gasteiger partial charge in [0.1, 0.15) is 0 Å². The molecule has 2 atom stereocenters. The fourth-order valence-corrected chi connectivity index (χ4v) is 2.18. The van der Waals surface area contributed by atoms with E-state index >= 15 is 0 Å². The van der Waals surface area contributed by atoms with Gasteiger partial charge in [0.05, 0.1) is 11.2 Å². The Balaban J connectivity index is 2.26. The highest BCUT2D eigenvalue weighted by molar-refractivity contribution is 7.09. The summed E-state index contributed by atoms with van der Waals surface area (Å²) in [4.78, 5) is 5.57. The van der Waals surface area contributed by atoms with Crippen LogP contribution < -0.4 is 5.73 Å². The van der Waals surface area contributed by atoms with Crippen molar-refractivity contribution in [1.82, 2.24) is 4.98 Å². The summed E-state index contributed by atoms with van der Waals surface area (Å²) < 4.78 is 0. The molecule has 1 aromatic rings. The predicted molar refractivity (Wildman–Crippen MR) is 42.2 cm³/mol. The van der Waals surface area contributed by atoms with Crippen LogP contribution in [0.25, 0.3) is 0 Å². The Morgan fingerprint density at radius 1 is 1.80 bits per heavy atom. The minimum absolute atomic E-state index is 0.416. The number of nitrogens with zero attached hydrogens (tertiary/aromatic N) is 1. The van der Waals surface area contributed by atoms with Gasteiger partial charge in [-0.15, -0.1) is 11.3 Å². The van der Waals surface area contributed by atoms with E-state index in [0.29, 0.717) is 12.0 Å². The lowest BCUT2D eigenvalue weighted by Gasteiger charge is -1.91. The van der Waals surface area contributed by atoms with E-state index in [2.05, 4.69) is 11.9 Å². The molecular weight excluding hydrogens is 144 g/mol. The SMILES string of the molecule is Cc1ncsc1[C@@H]1C[C@H]1N. The van der Waals surface area contributed by atoms with Crippen LogP contribution in [0.15, 0.2) is 5.51 Å². The van der Waals surface area contributed by atoms with Crippen LogP contribution in [0.1, 0.15) is 22.9 Å². The fourth-order valence-electron chi connectivity index (χ4n) is 1.18. The lowest BCUT2D eigenvalue weighted by molar-refractivity contribution is 0.990. The van der Waals surface area contributed by atoms with Crippen molar-refractivity contribution in [2.24, 2.45) is 5.73 Å². The third kappa shape index (κ3) is 0.859. The summed E-state index contributed by atoms with van der Waals surface area (Å²) in [5.74, 6) is 0.632. The van der Waals surface area contributed by atoms with Gasteiger partial charge in [-0.25, -0.2) is 4.98 Å². The van der Waals surface area contributed by atoms with E-state index in [9.17, 15) is 0 Å². The normalized spacial score (nSPS) is 30.6. The topological polar surface area (TPSA) is 38.9 Å². The molecule has 0 bridgehead atoms. The summed E-state index contributed by atoms with van der Waals surface area (Å²) in [6.45, 7) is 2.05. The van der Waals surface area contributed by atoms with Crippen molar-refractivity contribution in [3.8, 4) is 0 Å². The molecule has 0 amide bonds. The number of aryl methyl sites for hydroxylation is 1. The third-order valence-electron chi connectivity index (χ3n) is 1.96. The number of aromatic nitrogens is 1. The summed E-state index contributed by atoms with van der Waals surface area (Å²) in [7, 11) is 0. The van der Waals surface area contributed by atoms with Crippen LogP contribution in [0.4, 0.5) is 0 Å². The molecule has 54 valence electrons. The summed E-state index contributed by atoms with van der Waals surface area (Å²) in [6.07, 6.45) is 1.16. The van der Waals surface area contributed by atoms with Crippen molar-refractivity contribution >= 4 is 11.3 Å².